The van der Waals surface area contributed by atoms with Crippen molar-refractivity contribution in [3.8, 4) is 11.1 Å². The van der Waals surface area contributed by atoms with E-state index in [-0.39, 0.29) is 11.8 Å². The Hall–Kier alpha value is -2.46. The number of carbonyl (C=O) groups is 2. The van der Waals surface area contributed by atoms with Crippen LogP contribution in [0, 0.1) is 0 Å². The lowest BCUT2D eigenvalue weighted by molar-refractivity contribution is -0.122. The Morgan fingerprint density at radius 3 is 2.14 bits per heavy atom. The highest BCUT2D eigenvalue weighted by atomic mass is 16.2. The van der Waals surface area contributed by atoms with Crippen molar-refractivity contribution < 1.29 is 9.59 Å². The second-order valence-electron chi connectivity index (χ2n) is 5.39. The monoisotopic (exact) mass is 281 g/mol. The Morgan fingerprint density at radius 2 is 1.57 bits per heavy atom. The van der Waals surface area contributed by atoms with E-state index in [2.05, 4.69) is 5.32 Å². The van der Waals surface area contributed by atoms with Crippen LogP contribution in [0.25, 0.3) is 11.1 Å². The number of carbonyl (C=O) groups excluding carboxylic acids is 2. The highest BCUT2D eigenvalue weighted by molar-refractivity contribution is 6.09. The minimum atomic E-state index is -0.0947. The average Bonchev–Trinajstić information content (AvgIpc) is 3.13. The van der Waals surface area contributed by atoms with Gasteiger partial charge in [-0.25, -0.2) is 4.79 Å². The van der Waals surface area contributed by atoms with Gasteiger partial charge in [-0.2, -0.15) is 4.48 Å². The van der Waals surface area contributed by atoms with Gasteiger partial charge in [0.2, 0.25) is 11.4 Å². The minimum Gasteiger partial charge on any atom is -0.355 e. The average molecular weight is 281 g/mol. The van der Waals surface area contributed by atoms with E-state index in [0.717, 1.165) is 22.5 Å². The second-order valence-corrected chi connectivity index (χ2v) is 5.39. The van der Waals surface area contributed by atoms with E-state index in [1.807, 2.05) is 37.4 Å². The molecule has 4 heteroatoms. The Morgan fingerprint density at radius 1 is 0.952 bits per heavy atom. The molecule has 2 aromatic carbocycles. The quantitative estimate of drug-likeness (QED) is 0.679. The molecule has 2 amide bonds. The molecule has 3 rings (SSSR count). The van der Waals surface area contributed by atoms with Gasteiger partial charge in [0.25, 0.3) is 5.91 Å². The zero-order valence-corrected chi connectivity index (χ0v) is 12.3. The van der Waals surface area contributed by atoms with Crippen LogP contribution < -0.4 is 9.80 Å². The van der Waals surface area contributed by atoms with Gasteiger partial charge in [-0.15, -0.1) is 0 Å². The van der Waals surface area contributed by atoms with E-state index >= 15 is 0 Å². The summed E-state index contributed by atoms with van der Waals surface area (Å²) in [6, 6.07) is 13.5. The first kappa shape index (κ1) is 13.5. The molecule has 21 heavy (non-hydrogen) atoms. The summed E-state index contributed by atoms with van der Waals surface area (Å²) in [5.41, 5.74) is 4.84. The Balaban J connectivity index is 1.92. The van der Waals surface area contributed by atoms with Gasteiger partial charge in [-0.3, -0.25) is 4.79 Å². The summed E-state index contributed by atoms with van der Waals surface area (Å²) in [6.07, 6.45) is 0. The Bertz CT molecular complexity index is 750. The van der Waals surface area contributed by atoms with Crippen LogP contribution in [0.1, 0.15) is 17.3 Å². The molecule has 4 nitrogen and oxygen atoms in total. The van der Waals surface area contributed by atoms with Crippen LogP contribution in [0.2, 0.25) is 0 Å². The van der Waals surface area contributed by atoms with Gasteiger partial charge in [0.05, 0.1) is 14.0 Å². The van der Waals surface area contributed by atoms with Crippen molar-refractivity contribution in [2.24, 2.45) is 0 Å². The summed E-state index contributed by atoms with van der Waals surface area (Å²) in [6.45, 7) is 1.61. The number of nitrogens with zero attached hydrogens (tertiary/aromatic N) is 1. The van der Waals surface area contributed by atoms with Crippen LogP contribution in [-0.2, 0) is 4.79 Å². The molecule has 0 fully saturated rings. The number of nitrogens with one attached hydrogen (secondary N) is 1. The number of benzene rings is 2. The van der Waals surface area contributed by atoms with Crippen molar-refractivity contribution in [2.45, 2.75) is 6.92 Å². The largest absolute Gasteiger partial charge is 0.355 e. The van der Waals surface area contributed by atoms with Gasteiger partial charge in [-0.1, -0.05) is 12.1 Å². The summed E-state index contributed by atoms with van der Waals surface area (Å²) in [5, 5.41) is 2.60. The van der Waals surface area contributed by atoms with Gasteiger partial charge < -0.3 is 5.32 Å². The van der Waals surface area contributed by atoms with E-state index in [4.69, 9.17) is 0 Å². The van der Waals surface area contributed by atoms with Crippen LogP contribution in [0.4, 0.5) is 11.4 Å². The number of rotatable bonds is 2. The number of quaternary nitrogens is 1. The number of hydrogen-bond donors (Lipinski definition) is 1. The third-order valence-electron chi connectivity index (χ3n) is 4.23. The third-order valence-corrected chi connectivity index (χ3v) is 4.23. The highest BCUT2D eigenvalue weighted by Crippen LogP contribution is 2.55. The van der Waals surface area contributed by atoms with Crippen molar-refractivity contribution >= 4 is 23.2 Å². The van der Waals surface area contributed by atoms with Crippen molar-refractivity contribution in [3.63, 3.8) is 0 Å². The van der Waals surface area contributed by atoms with Crippen molar-refractivity contribution in [2.75, 3.05) is 14.1 Å². The fourth-order valence-corrected chi connectivity index (χ4v) is 2.65. The van der Waals surface area contributed by atoms with Crippen LogP contribution >= 0.6 is 0 Å². The van der Waals surface area contributed by atoms with Crippen molar-refractivity contribution in [3.05, 3.63) is 48.0 Å². The molecule has 0 aromatic heterocycles. The minimum absolute atomic E-state index is 0.0947. The summed E-state index contributed by atoms with van der Waals surface area (Å²) in [4.78, 5) is 23.2. The predicted molar refractivity (Wildman–Crippen MR) is 83.3 cm³/mol. The first-order valence-electron chi connectivity index (χ1n) is 6.84. The summed E-state index contributed by atoms with van der Waals surface area (Å²) in [7, 11) is 3.52. The lowest BCUT2D eigenvalue weighted by atomic mass is 10.0. The maximum atomic E-state index is 11.7. The molecule has 1 aliphatic heterocycles. The zero-order valence-electron chi connectivity index (χ0n) is 12.3. The molecule has 1 unspecified atom stereocenters. The first-order valence-corrected chi connectivity index (χ1v) is 6.84. The fraction of sp³-hybridized carbons (Fsp3) is 0.176. The summed E-state index contributed by atoms with van der Waals surface area (Å²) >= 11 is 0. The highest BCUT2D eigenvalue weighted by Gasteiger charge is 2.53. The third kappa shape index (κ3) is 1.96. The second kappa shape index (κ2) is 4.53. The van der Waals surface area contributed by atoms with Gasteiger partial charge in [-0.05, 0) is 29.3 Å². The van der Waals surface area contributed by atoms with Gasteiger partial charge in [0, 0.05) is 24.7 Å². The molecular weight excluding hydrogens is 264 g/mol. The summed E-state index contributed by atoms with van der Waals surface area (Å²) < 4.78 is 0.302. The SMILES string of the molecule is CNC(=O)c1ccc(-c2ccc3c(c2)[N+]3(C)C(C)=O)cc1. The van der Waals surface area contributed by atoms with Gasteiger partial charge in [0.15, 0.2) is 0 Å². The van der Waals surface area contributed by atoms with E-state index in [1.165, 1.54) is 0 Å². The van der Waals surface area contributed by atoms with Crippen molar-refractivity contribution in [1.82, 2.24) is 9.80 Å². The van der Waals surface area contributed by atoms with Gasteiger partial charge in [0.1, 0.15) is 0 Å². The molecule has 1 aliphatic rings. The molecule has 2 aromatic rings. The van der Waals surface area contributed by atoms with Crippen molar-refractivity contribution in [1.29, 1.82) is 0 Å². The molecule has 1 N–H and O–H groups in total. The maximum Gasteiger partial charge on any atom is 0.320 e. The first-order chi connectivity index (χ1) is 9.98. The maximum absolute atomic E-state index is 11.7. The molecule has 0 aliphatic carbocycles. The molecule has 0 bridgehead atoms. The van der Waals surface area contributed by atoms with E-state index in [1.54, 1.807) is 26.1 Å². The van der Waals surface area contributed by atoms with Crippen LogP contribution in [0.5, 0.6) is 0 Å². The van der Waals surface area contributed by atoms with E-state index in [9.17, 15) is 9.59 Å². The normalized spacial score (nSPS) is 18.8. The molecular formula is C17H17N2O2+. The predicted octanol–water partition coefficient (Wildman–Crippen LogP) is 2.84. The number of hydrogen-bond acceptors (Lipinski definition) is 2. The molecule has 1 heterocycles. The lowest BCUT2D eigenvalue weighted by Crippen LogP contribution is -2.30. The molecule has 0 spiro atoms. The lowest BCUT2D eigenvalue weighted by Gasteiger charge is -2.04. The molecule has 0 saturated carbocycles. The molecule has 0 saturated heterocycles. The van der Waals surface area contributed by atoms with Gasteiger partial charge >= 0.3 is 5.91 Å². The molecule has 0 radical (unpaired) electrons. The van der Waals surface area contributed by atoms with Crippen LogP contribution in [0.15, 0.2) is 42.5 Å². The summed E-state index contributed by atoms with van der Waals surface area (Å²) in [5.74, 6) is 0.0276. The zero-order chi connectivity index (χ0) is 15.2. The smallest absolute Gasteiger partial charge is 0.320 e. The van der Waals surface area contributed by atoms with Crippen LogP contribution in [-0.4, -0.2) is 25.9 Å². The van der Waals surface area contributed by atoms with E-state index < -0.39 is 0 Å². The number of fused-ring (bicyclic) bond motifs is 1. The fourth-order valence-electron chi connectivity index (χ4n) is 2.65. The van der Waals surface area contributed by atoms with E-state index in [0.29, 0.717) is 10.0 Å². The Labute approximate surface area is 123 Å². The number of amides is 2. The molecule has 1 atom stereocenters. The van der Waals surface area contributed by atoms with Crippen LogP contribution in [0.3, 0.4) is 0 Å². The topological polar surface area (TPSA) is 46.2 Å². The standard InChI is InChI=1S/C17H16N2O2/c1-11(20)19(3)15-9-8-14(10-16(15)19)12-4-6-13(7-5-12)17(21)18-2/h4-10H,1-3H3/p+1. The molecule has 106 valence electrons. The Kier molecular flexibility index (Phi) is 2.92.